The van der Waals surface area contributed by atoms with E-state index in [4.69, 9.17) is 0 Å². The van der Waals surface area contributed by atoms with Crippen LogP contribution in [-0.2, 0) is 11.2 Å². The van der Waals surface area contributed by atoms with Crippen molar-refractivity contribution in [1.82, 2.24) is 4.98 Å². The Morgan fingerprint density at radius 3 is 3.00 bits per heavy atom. The third kappa shape index (κ3) is 3.28. The van der Waals surface area contributed by atoms with E-state index in [0.717, 1.165) is 29.7 Å². The zero-order chi connectivity index (χ0) is 16.9. The summed E-state index contributed by atoms with van der Waals surface area (Å²) in [7, 11) is 0. The molecule has 1 aliphatic heterocycles. The lowest BCUT2D eigenvalue weighted by Crippen LogP contribution is -2.36. The smallest absolute Gasteiger partial charge is 0.270 e. The molecule has 1 aromatic heterocycles. The summed E-state index contributed by atoms with van der Waals surface area (Å²) >= 11 is 0. The number of fused-ring (bicyclic) bond motifs is 1. The molecule has 1 aliphatic rings. The van der Waals surface area contributed by atoms with Gasteiger partial charge in [-0.3, -0.25) is 4.79 Å². The first kappa shape index (κ1) is 15.8. The van der Waals surface area contributed by atoms with Gasteiger partial charge in [-0.1, -0.05) is 18.2 Å². The van der Waals surface area contributed by atoms with Crippen molar-refractivity contribution in [2.45, 2.75) is 19.8 Å². The van der Waals surface area contributed by atoms with Crippen LogP contribution in [0.2, 0.25) is 0 Å². The van der Waals surface area contributed by atoms with Gasteiger partial charge in [0, 0.05) is 24.6 Å². The zero-order valence-corrected chi connectivity index (χ0v) is 13.5. The second-order valence-corrected chi connectivity index (χ2v) is 5.72. The van der Waals surface area contributed by atoms with Gasteiger partial charge in [0.05, 0.1) is 0 Å². The van der Waals surface area contributed by atoms with E-state index >= 15 is 0 Å². The summed E-state index contributed by atoms with van der Waals surface area (Å²) in [4.78, 5) is 18.6. The van der Waals surface area contributed by atoms with Crippen LogP contribution in [0.3, 0.4) is 0 Å². The van der Waals surface area contributed by atoms with Crippen molar-refractivity contribution in [2.75, 3.05) is 16.8 Å². The number of nitriles is 1. The minimum Gasteiger partial charge on any atom is -0.345 e. The van der Waals surface area contributed by atoms with Crippen LogP contribution in [0.5, 0.6) is 0 Å². The van der Waals surface area contributed by atoms with Crippen molar-refractivity contribution in [1.29, 1.82) is 5.26 Å². The normalized spacial score (nSPS) is 13.8. The number of anilines is 2. The first-order chi connectivity index (χ1) is 11.7. The molecule has 3 rings (SSSR count). The third-order valence-electron chi connectivity index (χ3n) is 3.99. The van der Waals surface area contributed by atoms with Gasteiger partial charge < -0.3 is 10.2 Å². The van der Waals surface area contributed by atoms with Gasteiger partial charge in [-0.15, -0.1) is 0 Å². The third-order valence-corrected chi connectivity index (χ3v) is 3.99. The Bertz CT molecular complexity index is 835. The lowest BCUT2D eigenvalue weighted by Gasteiger charge is -2.29. The van der Waals surface area contributed by atoms with Crippen molar-refractivity contribution in [2.24, 2.45) is 0 Å². The molecule has 0 spiro atoms. The zero-order valence-electron chi connectivity index (χ0n) is 13.5. The monoisotopic (exact) mass is 318 g/mol. The Kier molecular flexibility index (Phi) is 4.57. The van der Waals surface area contributed by atoms with Gasteiger partial charge in [-0.25, -0.2) is 4.98 Å². The SMILES string of the molecule is Cc1ccnc(N/C=C(/C#N)C(=O)N2CCCc3ccccc32)c1. The van der Waals surface area contributed by atoms with Crippen LogP contribution >= 0.6 is 0 Å². The van der Waals surface area contributed by atoms with E-state index in [1.54, 1.807) is 11.1 Å². The van der Waals surface area contributed by atoms with Crippen LogP contribution in [0.15, 0.2) is 54.4 Å². The van der Waals surface area contributed by atoms with E-state index in [1.165, 1.54) is 6.20 Å². The number of para-hydroxylation sites is 1. The van der Waals surface area contributed by atoms with Crippen molar-refractivity contribution < 1.29 is 4.79 Å². The molecular formula is C19H18N4O. The van der Waals surface area contributed by atoms with E-state index in [-0.39, 0.29) is 11.5 Å². The Labute approximate surface area is 141 Å². The van der Waals surface area contributed by atoms with Crippen LogP contribution in [-0.4, -0.2) is 17.4 Å². The standard InChI is InChI=1S/C19H18N4O/c1-14-8-9-21-18(11-14)22-13-16(12-20)19(24)23-10-4-6-15-5-2-3-7-17(15)23/h2-3,5,7-9,11,13H,4,6,10H2,1H3,(H,21,22)/b16-13-. The molecule has 0 bridgehead atoms. The summed E-state index contributed by atoms with van der Waals surface area (Å²) in [6, 6.07) is 13.6. The average molecular weight is 318 g/mol. The molecule has 0 fully saturated rings. The molecule has 0 atom stereocenters. The van der Waals surface area contributed by atoms with Crippen molar-refractivity contribution in [3.63, 3.8) is 0 Å². The highest BCUT2D eigenvalue weighted by Gasteiger charge is 2.24. The van der Waals surface area contributed by atoms with Gasteiger partial charge in [0.25, 0.3) is 5.91 Å². The maximum absolute atomic E-state index is 12.8. The number of aryl methyl sites for hydroxylation is 2. The summed E-state index contributed by atoms with van der Waals surface area (Å²) in [5.41, 5.74) is 3.15. The number of nitrogens with zero attached hydrogens (tertiary/aromatic N) is 3. The summed E-state index contributed by atoms with van der Waals surface area (Å²) in [6.07, 6.45) is 4.97. The van der Waals surface area contributed by atoms with E-state index in [1.807, 2.05) is 49.4 Å². The minimum atomic E-state index is -0.287. The largest absolute Gasteiger partial charge is 0.345 e. The molecular weight excluding hydrogens is 300 g/mol. The van der Waals surface area contributed by atoms with Crippen LogP contribution in [0.25, 0.3) is 0 Å². The lowest BCUT2D eigenvalue weighted by molar-refractivity contribution is -0.114. The Balaban J connectivity index is 1.83. The molecule has 0 saturated heterocycles. The Morgan fingerprint density at radius 2 is 2.21 bits per heavy atom. The fraction of sp³-hybridized carbons (Fsp3) is 0.211. The first-order valence-corrected chi connectivity index (χ1v) is 7.88. The number of hydrogen-bond donors (Lipinski definition) is 1. The Morgan fingerprint density at radius 1 is 1.38 bits per heavy atom. The number of hydrogen-bond acceptors (Lipinski definition) is 4. The van der Waals surface area contributed by atoms with E-state index < -0.39 is 0 Å². The second kappa shape index (κ2) is 6.97. The maximum atomic E-state index is 12.8. The molecule has 1 amide bonds. The number of aromatic nitrogens is 1. The number of rotatable bonds is 3. The molecule has 24 heavy (non-hydrogen) atoms. The molecule has 0 saturated carbocycles. The molecule has 5 heteroatoms. The van der Waals surface area contributed by atoms with Gasteiger partial charge in [0.2, 0.25) is 0 Å². The summed E-state index contributed by atoms with van der Waals surface area (Å²) < 4.78 is 0. The van der Waals surface area contributed by atoms with Crippen LogP contribution in [0.1, 0.15) is 17.5 Å². The van der Waals surface area contributed by atoms with Gasteiger partial charge in [0.15, 0.2) is 0 Å². The second-order valence-electron chi connectivity index (χ2n) is 5.72. The van der Waals surface area contributed by atoms with Crippen LogP contribution in [0, 0.1) is 18.3 Å². The predicted octanol–water partition coefficient (Wildman–Crippen LogP) is 3.19. The number of nitrogens with one attached hydrogen (secondary N) is 1. The predicted molar refractivity (Wildman–Crippen MR) is 93.4 cm³/mol. The summed E-state index contributed by atoms with van der Waals surface area (Å²) in [5.74, 6) is 0.319. The van der Waals surface area contributed by atoms with E-state index in [2.05, 4.69) is 10.3 Å². The first-order valence-electron chi connectivity index (χ1n) is 7.88. The number of carbonyl (C=O) groups excluding carboxylic acids is 1. The lowest BCUT2D eigenvalue weighted by atomic mass is 10.0. The number of carbonyl (C=O) groups is 1. The van der Waals surface area contributed by atoms with Gasteiger partial charge in [0.1, 0.15) is 17.5 Å². The van der Waals surface area contributed by atoms with Gasteiger partial charge >= 0.3 is 0 Å². The molecule has 1 aromatic carbocycles. The van der Waals surface area contributed by atoms with E-state index in [9.17, 15) is 10.1 Å². The van der Waals surface area contributed by atoms with E-state index in [0.29, 0.717) is 12.4 Å². The quantitative estimate of drug-likeness (QED) is 0.697. The van der Waals surface area contributed by atoms with Gasteiger partial charge in [-0.05, 0) is 49.1 Å². The highest BCUT2D eigenvalue weighted by atomic mass is 16.2. The molecule has 2 heterocycles. The van der Waals surface area contributed by atoms with Gasteiger partial charge in [-0.2, -0.15) is 5.26 Å². The van der Waals surface area contributed by atoms with Crippen molar-refractivity contribution in [3.05, 3.63) is 65.5 Å². The fourth-order valence-corrected chi connectivity index (χ4v) is 2.79. The number of pyridine rings is 1. The summed E-state index contributed by atoms with van der Waals surface area (Å²) in [6.45, 7) is 2.58. The Hall–Kier alpha value is -3.13. The fourth-order valence-electron chi connectivity index (χ4n) is 2.79. The molecule has 0 radical (unpaired) electrons. The molecule has 2 aromatic rings. The molecule has 0 unspecified atom stereocenters. The molecule has 5 nitrogen and oxygen atoms in total. The minimum absolute atomic E-state index is 0.0648. The molecule has 1 N–H and O–H groups in total. The van der Waals surface area contributed by atoms with Crippen LogP contribution in [0.4, 0.5) is 11.5 Å². The highest BCUT2D eigenvalue weighted by Crippen LogP contribution is 2.27. The summed E-state index contributed by atoms with van der Waals surface area (Å²) in [5, 5.41) is 12.3. The number of benzene rings is 1. The highest BCUT2D eigenvalue weighted by molar-refractivity contribution is 6.09. The molecule has 0 aliphatic carbocycles. The number of amides is 1. The average Bonchev–Trinajstić information content (AvgIpc) is 2.61. The topological polar surface area (TPSA) is 69.0 Å². The van der Waals surface area contributed by atoms with Crippen molar-refractivity contribution in [3.8, 4) is 6.07 Å². The molecule has 120 valence electrons. The van der Waals surface area contributed by atoms with Crippen molar-refractivity contribution >= 4 is 17.4 Å². The van der Waals surface area contributed by atoms with Crippen LogP contribution < -0.4 is 10.2 Å². The maximum Gasteiger partial charge on any atom is 0.270 e.